The number of guanidine groups is 1. The molecule has 3 nitrogen and oxygen atoms in total. The third kappa shape index (κ3) is 2.50. The summed E-state index contributed by atoms with van der Waals surface area (Å²) in [5, 5.41) is 0. The summed E-state index contributed by atoms with van der Waals surface area (Å²) in [5.74, 6) is 0.643. The summed E-state index contributed by atoms with van der Waals surface area (Å²) >= 11 is 7.01. The molecule has 1 heterocycles. The van der Waals surface area contributed by atoms with E-state index in [0.29, 0.717) is 12.0 Å². The number of nitrogens with zero attached hydrogens (tertiary/aromatic N) is 2. The molecule has 1 atom stereocenters. The number of hydrogen-bond acceptors (Lipinski definition) is 3. The molecule has 0 aromatic heterocycles. The van der Waals surface area contributed by atoms with Crippen LogP contribution in [0.2, 0.25) is 0 Å². The van der Waals surface area contributed by atoms with Crippen LogP contribution >= 0.6 is 31.9 Å². The van der Waals surface area contributed by atoms with Gasteiger partial charge in [0, 0.05) is 15.0 Å². The molecule has 0 fully saturated rings. The van der Waals surface area contributed by atoms with E-state index < -0.39 is 0 Å². The van der Waals surface area contributed by atoms with E-state index in [2.05, 4.69) is 67.7 Å². The quantitative estimate of drug-likeness (QED) is 0.879. The van der Waals surface area contributed by atoms with Gasteiger partial charge < -0.3 is 10.6 Å². The number of aliphatic imine (C=N–C) groups is 1. The first-order chi connectivity index (χ1) is 8.00. The zero-order valence-corrected chi connectivity index (χ0v) is 13.0. The molecule has 0 saturated heterocycles. The number of benzene rings is 1. The SMILES string of the molecule is CC(C)N1C(N)=NCC1c1ccc(Br)c(Br)c1. The molecule has 1 aliphatic rings. The average molecular weight is 361 g/mol. The van der Waals surface area contributed by atoms with Crippen molar-refractivity contribution >= 4 is 37.8 Å². The van der Waals surface area contributed by atoms with Crippen molar-refractivity contribution in [3.05, 3.63) is 32.7 Å². The fourth-order valence-electron chi connectivity index (χ4n) is 2.12. The molecule has 0 bridgehead atoms. The minimum absolute atomic E-state index is 0.249. The van der Waals surface area contributed by atoms with Gasteiger partial charge in [0.05, 0.1) is 12.6 Å². The zero-order chi connectivity index (χ0) is 12.6. The Labute approximate surface area is 118 Å². The normalized spacial score (nSPS) is 19.9. The van der Waals surface area contributed by atoms with Gasteiger partial charge in [0.1, 0.15) is 0 Å². The Morgan fingerprint density at radius 1 is 1.35 bits per heavy atom. The Morgan fingerprint density at radius 2 is 2.06 bits per heavy atom. The van der Waals surface area contributed by atoms with Crippen LogP contribution in [0.25, 0.3) is 0 Å². The van der Waals surface area contributed by atoms with Crippen LogP contribution in [0.15, 0.2) is 32.1 Å². The average Bonchev–Trinajstić information content (AvgIpc) is 2.64. The molecule has 0 spiro atoms. The fraction of sp³-hybridized carbons (Fsp3) is 0.417. The molecule has 2 N–H and O–H groups in total. The molecule has 0 saturated carbocycles. The van der Waals surface area contributed by atoms with Crippen molar-refractivity contribution in [3.63, 3.8) is 0 Å². The molecular weight excluding hydrogens is 346 g/mol. The lowest BCUT2D eigenvalue weighted by atomic mass is 10.1. The lowest BCUT2D eigenvalue weighted by Crippen LogP contribution is -2.40. The minimum Gasteiger partial charge on any atom is -0.370 e. The third-order valence-corrected chi connectivity index (χ3v) is 4.79. The van der Waals surface area contributed by atoms with E-state index >= 15 is 0 Å². The van der Waals surface area contributed by atoms with Crippen molar-refractivity contribution in [1.82, 2.24) is 4.90 Å². The number of rotatable bonds is 2. The second-order valence-electron chi connectivity index (χ2n) is 4.39. The molecule has 0 aliphatic carbocycles. The Kier molecular flexibility index (Phi) is 3.78. The number of nitrogens with two attached hydrogens (primary N) is 1. The molecule has 2 rings (SSSR count). The van der Waals surface area contributed by atoms with E-state index in [1.807, 2.05) is 6.07 Å². The lowest BCUT2D eigenvalue weighted by molar-refractivity contribution is 0.290. The number of halogens is 2. The summed E-state index contributed by atoms with van der Waals surface area (Å²) in [6.45, 7) is 5.00. The van der Waals surface area contributed by atoms with E-state index in [0.717, 1.165) is 15.5 Å². The Balaban J connectivity index is 2.31. The van der Waals surface area contributed by atoms with Crippen LogP contribution in [0.1, 0.15) is 25.5 Å². The van der Waals surface area contributed by atoms with Crippen molar-refractivity contribution in [2.75, 3.05) is 6.54 Å². The second-order valence-corrected chi connectivity index (χ2v) is 6.10. The molecule has 1 aromatic rings. The van der Waals surface area contributed by atoms with Crippen LogP contribution in [-0.2, 0) is 0 Å². The highest BCUT2D eigenvalue weighted by Crippen LogP contribution is 2.32. The monoisotopic (exact) mass is 359 g/mol. The van der Waals surface area contributed by atoms with Crippen molar-refractivity contribution in [2.24, 2.45) is 10.7 Å². The molecule has 0 radical (unpaired) electrons. The summed E-state index contributed by atoms with van der Waals surface area (Å²) in [5.41, 5.74) is 7.16. The fourth-order valence-corrected chi connectivity index (χ4v) is 2.76. The summed E-state index contributed by atoms with van der Waals surface area (Å²) in [4.78, 5) is 6.50. The first kappa shape index (κ1) is 12.9. The minimum atomic E-state index is 0.249. The highest BCUT2D eigenvalue weighted by molar-refractivity contribution is 9.13. The highest BCUT2D eigenvalue weighted by Gasteiger charge is 2.29. The van der Waals surface area contributed by atoms with Crippen LogP contribution in [0.3, 0.4) is 0 Å². The highest BCUT2D eigenvalue weighted by atomic mass is 79.9. The van der Waals surface area contributed by atoms with E-state index in [4.69, 9.17) is 5.73 Å². The van der Waals surface area contributed by atoms with Gasteiger partial charge in [-0.15, -0.1) is 0 Å². The zero-order valence-electron chi connectivity index (χ0n) is 9.82. The Bertz CT molecular complexity index is 457. The molecule has 1 aliphatic heterocycles. The van der Waals surface area contributed by atoms with Gasteiger partial charge in [0.2, 0.25) is 0 Å². The van der Waals surface area contributed by atoms with Crippen molar-refractivity contribution in [3.8, 4) is 0 Å². The molecular formula is C12H15Br2N3. The van der Waals surface area contributed by atoms with Gasteiger partial charge in [-0.3, -0.25) is 4.99 Å². The van der Waals surface area contributed by atoms with Crippen molar-refractivity contribution in [1.29, 1.82) is 0 Å². The standard InChI is InChI=1S/C12H15Br2N3/c1-7(2)17-11(6-16-12(17)15)8-3-4-9(13)10(14)5-8/h3-5,7,11H,6H2,1-2H3,(H2,15,16). The summed E-state index contributed by atoms with van der Waals surface area (Å²) in [7, 11) is 0. The summed E-state index contributed by atoms with van der Waals surface area (Å²) in [6.07, 6.45) is 0. The second kappa shape index (κ2) is 4.98. The summed E-state index contributed by atoms with van der Waals surface area (Å²) in [6, 6.07) is 6.89. The van der Waals surface area contributed by atoms with Gasteiger partial charge in [0.15, 0.2) is 5.96 Å². The Morgan fingerprint density at radius 3 is 2.65 bits per heavy atom. The molecule has 1 unspecified atom stereocenters. The van der Waals surface area contributed by atoms with Gasteiger partial charge in [-0.1, -0.05) is 6.07 Å². The van der Waals surface area contributed by atoms with Crippen molar-refractivity contribution < 1.29 is 0 Å². The van der Waals surface area contributed by atoms with E-state index in [1.165, 1.54) is 5.56 Å². The lowest BCUT2D eigenvalue weighted by Gasteiger charge is -2.30. The van der Waals surface area contributed by atoms with Gasteiger partial charge in [-0.2, -0.15) is 0 Å². The van der Waals surface area contributed by atoms with Crippen LogP contribution in [0.5, 0.6) is 0 Å². The number of hydrogen-bond donors (Lipinski definition) is 1. The molecule has 92 valence electrons. The first-order valence-corrected chi connectivity index (χ1v) is 7.12. The predicted octanol–water partition coefficient (Wildman–Crippen LogP) is 3.29. The van der Waals surface area contributed by atoms with Crippen LogP contribution in [0.4, 0.5) is 0 Å². The maximum Gasteiger partial charge on any atom is 0.192 e. The van der Waals surface area contributed by atoms with E-state index in [1.54, 1.807) is 0 Å². The molecule has 0 amide bonds. The van der Waals surface area contributed by atoms with Gasteiger partial charge in [-0.05, 0) is 63.4 Å². The molecule has 1 aromatic carbocycles. The van der Waals surface area contributed by atoms with Crippen LogP contribution in [-0.4, -0.2) is 23.4 Å². The van der Waals surface area contributed by atoms with E-state index in [9.17, 15) is 0 Å². The maximum absolute atomic E-state index is 5.93. The largest absolute Gasteiger partial charge is 0.370 e. The van der Waals surface area contributed by atoms with Crippen LogP contribution in [0, 0.1) is 0 Å². The van der Waals surface area contributed by atoms with Gasteiger partial charge in [0.25, 0.3) is 0 Å². The van der Waals surface area contributed by atoms with Gasteiger partial charge >= 0.3 is 0 Å². The van der Waals surface area contributed by atoms with Crippen molar-refractivity contribution in [2.45, 2.75) is 25.9 Å². The van der Waals surface area contributed by atoms with Gasteiger partial charge in [-0.25, -0.2) is 0 Å². The Hall–Kier alpha value is -0.550. The smallest absolute Gasteiger partial charge is 0.192 e. The van der Waals surface area contributed by atoms with E-state index in [-0.39, 0.29) is 6.04 Å². The summed E-state index contributed by atoms with van der Waals surface area (Å²) < 4.78 is 2.12. The first-order valence-electron chi connectivity index (χ1n) is 5.54. The molecule has 5 heteroatoms. The topological polar surface area (TPSA) is 41.6 Å². The maximum atomic E-state index is 5.93. The predicted molar refractivity (Wildman–Crippen MR) is 78.0 cm³/mol. The van der Waals surface area contributed by atoms with Crippen LogP contribution < -0.4 is 5.73 Å². The third-order valence-electron chi connectivity index (χ3n) is 2.91. The molecule has 17 heavy (non-hydrogen) atoms.